The molecule has 0 aromatic heterocycles. The molecule has 14 heavy (non-hydrogen) atoms. The molecule has 0 aliphatic rings. The quantitative estimate of drug-likeness (QED) is 0.758. The van der Waals surface area contributed by atoms with Crippen molar-refractivity contribution in [2.45, 2.75) is 26.7 Å². The molecule has 0 spiro atoms. The molecule has 1 aromatic rings. The van der Waals surface area contributed by atoms with Gasteiger partial charge in [0.1, 0.15) is 5.75 Å². The summed E-state index contributed by atoms with van der Waals surface area (Å²) in [6.07, 6.45) is 0. The highest BCUT2D eigenvalue weighted by Gasteiger charge is 2.18. The number of carbonyl (C=O) groups is 1. The predicted octanol–water partition coefficient (Wildman–Crippen LogP) is 2.20. The van der Waals surface area contributed by atoms with Crippen LogP contribution in [0, 0.1) is 13.8 Å². The van der Waals surface area contributed by atoms with Crippen LogP contribution in [0.25, 0.3) is 0 Å². The van der Waals surface area contributed by atoms with E-state index < -0.39 is 11.9 Å². The number of phenols is 1. The molecule has 1 aromatic carbocycles. The van der Waals surface area contributed by atoms with Gasteiger partial charge in [-0.15, -0.1) is 0 Å². The summed E-state index contributed by atoms with van der Waals surface area (Å²) in [5, 5.41) is 18.2. The van der Waals surface area contributed by atoms with E-state index in [1.54, 1.807) is 19.1 Å². The maximum atomic E-state index is 10.8. The average molecular weight is 194 g/mol. The minimum atomic E-state index is -0.845. The summed E-state index contributed by atoms with van der Waals surface area (Å²) in [5.74, 6) is -1.20. The van der Waals surface area contributed by atoms with Crippen LogP contribution < -0.4 is 0 Å². The van der Waals surface area contributed by atoms with E-state index in [4.69, 9.17) is 5.11 Å². The van der Waals surface area contributed by atoms with Crippen LogP contribution in [0.5, 0.6) is 5.75 Å². The highest BCUT2D eigenvalue weighted by molar-refractivity contribution is 5.76. The standard InChI is InChI=1S/C11H14O3/c1-6-4-9(12)5-7(2)10(6)8(3)11(13)14/h4-5,8,12H,1-3H3,(H,13,14). The summed E-state index contributed by atoms with van der Waals surface area (Å²) in [5.41, 5.74) is 2.42. The van der Waals surface area contributed by atoms with Crippen LogP contribution in [0.15, 0.2) is 12.1 Å². The molecule has 3 heteroatoms. The zero-order valence-corrected chi connectivity index (χ0v) is 8.53. The molecule has 0 radical (unpaired) electrons. The Bertz CT molecular complexity index is 346. The molecule has 0 saturated carbocycles. The van der Waals surface area contributed by atoms with Crippen molar-refractivity contribution >= 4 is 5.97 Å². The molecular weight excluding hydrogens is 180 g/mol. The van der Waals surface area contributed by atoms with Gasteiger partial charge in [0.25, 0.3) is 0 Å². The first-order chi connectivity index (χ1) is 6.43. The molecule has 76 valence electrons. The summed E-state index contributed by atoms with van der Waals surface area (Å²) in [6.45, 7) is 5.26. The van der Waals surface area contributed by atoms with Crippen molar-refractivity contribution < 1.29 is 15.0 Å². The van der Waals surface area contributed by atoms with Gasteiger partial charge in [-0.2, -0.15) is 0 Å². The zero-order valence-electron chi connectivity index (χ0n) is 8.53. The number of aliphatic carboxylic acids is 1. The molecule has 3 nitrogen and oxygen atoms in total. The maximum Gasteiger partial charge on any atom is 0.310 e. The van der Waals surface area contributed by atoms with E-state index in [1.165, 1.54) is 0 Å². The fourth-order valence-corrected chi connectivity index (χ4v) is 1.76. The van der Waals surface area contributed by atoms with Crippen LogP contribution in [0.1, 0.15) is 29.5 Å². The van der Waals surface area contributed by atoms with Crippen molar-refractivity contribution in [3.8, 4) is 5.75 Å². The van der Waals surface area contributed by atoms with Crippen molar-refractivity contribution in [3.05, 3.63) is 28.8 Å². The Kier molecular flexibility index (Phi) is 2.79. The van der Waals surface area contributed by atoms with E-state index in [9.17, 15) is 9.90 Å². The molecule has 0 aliphatic carbocycles. The molecule has 1 atom stereocenters. The van der Waals surface area contributed by atoms with Crippen molar-refractivity contribution in [1.82, 2.24) is 0 Å². The van der Waals surface area contributed by atoms with Gasteiger partial charge in [0.15, 0.2) is 0 Å². The molecular formula is C11H14O3. The van der Waals surface area contributed by atoms with Crippen LogP contribution in [0.2, 0.25) is 0 Å². The van der Waals surface area contributed by atoms with E-state index in [2.05, 4.69) is 0 Å². The minimum absolute atomic E-state index is 0.182. The van der Waals surface area contributed by atoms with Gasteiger partial charge in [-0.05, 0) is 49.6 Å². The van der Waals surface area contributed by atoms with Gasteiger partial charge in [0, 0.05) is 0 Å². The van der Waals surface area contributed by atoms with E-state index >= 15 is 0 Å². The number of benzene rings is 1. The lowest BCUT2D eigenvalue weighted by Crippen LogP contribution is -2.10. The second-order valence-corrected chi connectivity index (χ2v) is 3.55. The summed E-state index contributed by atoms with van der Waals surface area (Å²) in [4.78, 5) is 10.8. The Morgan fingerprint density at radius 1 is 1.29 bits per heavy atom. The normalized spacial score (nSPS) is 12.5. The molecule has 0 saturated heterocycles. The molecule has 1 unspecified atom stereocenters. The highest BCUT2D eigenvalue weighted by Crippen LogP contribution is 2.27. The Labute approximate surface area is 83.0 Å². The summed E-state index contributed by atoms with van der Waals surface area (Å²) < 4.78 is 0. The number of aryl methyl sites for hydroxylation is 2. The van der Waals surface area contributed by atoms with E-state index in [0.717, 1.165) is 16.7 Å². The molecule has 0 fully saturated rings. The van der Waals surface area contributed by atoms with Crippen molar-refractivity contribution in [2.75, 3.05) is 0 Å². The van der Waals surface area contributed by atoms with Crippen molar-refractivity contribution in [1.29, 1.82) is 0 Å². The first kappa shape index (κ1) is 10.6. The van der Waals surface area contributed by atoms with Crippen LogP contribution in [0.4, 0.5) is 0 Å². The topological polar surface area (TPSA) is 57.5 Å². The molecule has 0 bridgehead atoms. The number of rotatable bonds is 2. The lowest BCUT2D eigenvalue weighted by atomic mass is 9.92. The number of carboxylic acid groups (broad SMARTS) is 1. The first-order valence-electron chi connectivity index (χ1n) is 4.46. The van der Waals surface area contributed by atoms with Gasteiger partial charge in [-0.3, -0.25) is 4.79 Å². The largest absolute Gasteiger partial charge is 0.508 e. The molecule has 0 amide bonds. The van der Waals surface area contributed by atoms with E-state index in [0.29, 0.717) is 0 Å². The van der Waals surface area contributed by atoms with Crippen LogP contribution in [-0.2, 0) is 4.79 Å². The lowest BCUT2D eigenvalue weighted by Gasteiger charge is -2.14. The van der Waals surface area contributed by atoms with Gasteiger partial charge in [-0.1, -0.05) is 0 Å². The fraction of sp³-hybridized carbons (Fsp3) is 0.364. The van der Waals surface area contributed by atoms with Crippen molar-refractivity contribution in [2.24, 2.45) is 0 Å². The summed E-state index contributed by atoms with van der Waals surface area (Å²) in [6, 6.07) is 3.17. The molecule has 0 aliphatic heterocycles. The zero-order chi connectivity index (χ0) is 10.9. The average Bonchev–Trinajstić information content (AvgIpc) is 2.01. The van der Waals surface area contributed by atoms with Gasteiger partial charge >= 0.3 is 5.97 Å². The van der Waals surface area contributed by atoms with E-state index in [1.807, 2.05) is 13.8 Å². The number of carboxylic acids is 1. The SMILES string of the molecule is Cc1cc(O)cc(C)c1C(C)C(=O)O. The van der Waals surface area contributed by atoms with Gasteiger partial charge in [0.05, 0.1) is 5.92 Å². The fourth-order valence-electron chi connectivity index (χ4n) is 1.76. The van der Waals surface area contributed by atoms with Gasteiger partial charge in [0.2, 0.25) is 0 Å². The predicted molar refractivity (Wildman–Crippen MR) is 53.6 cm³/mol. The minimum Gasteiger partial charge on any atom is -0.508 e. The molecule has 2 N–H and O–H groups in total. The van der Waals surface area contributed by atoms with Gasteiger partial charge < -0.3 is 10.2 Å². The molecule has 1 rings (SSSR count). The first-order valence-corrected chi connectivity index (χ1v) is 4.46. The third kappa shape index (κ3) is 1.87. The van der Waals surface area contributed by atoms with Crippen LogP contribution in [-0.4, -0.2) is 16.2 Å². The third-order valence-electron chi connectivity index (χ3n) is 2.38. The Balaban J connectivity index is 3.27. The third-order valence-corrected chi connectivity index (χ3v) is 2.38. The molecule has 0 heterocycles. The Morgan fingerprint density at radius 3 is 2.07 bits per heavy atom. The Morgan fingerprint density at radius 2 is 1.71 bits per heavy atom. The summed E-state index contributed by atoms with van der Waals surface area (Å²) >= 11 is 0. The second-order valence-electron chi connectivity index (χ2n) is 3.55. The van der Waals surface area contributed by atoms with E-state index in [-0.39, 0.29) is 5.75 Å². The Hall–Kier alpha value is -1.51. The maximum absolute atomic E-state index is 10.8. The lowest BCUT2D eigenvalue weighted by molar-refractivity contribution is -0.138. The van der Waals surface area contributed by atoms with Crippen molar-refractivity contribution in [3.63, 3.8) is 0 Å². The summed E-state index contributed by atoms with van der Waals surface area (Å²) in [7, 11) is 0. The van der Waals surface area contributed by atoms with Crippen LogP contribution >= 0.6 is 0 Å². The van der Waals surface area contributed by atoms with Gasteiger partial charge in [-0.25, -0.2) is 0 Å². The highest BCUT2D eigenvalue weighted by atomic mass is 16.4. The number of aromatic hydroxyl groups is 1. The van der Waals surface area contributed by atoms with Crippen LogP contribution in [0.3, 0.4) is 0 Å². The smallest absolute Gasteiger partial charge is 0.310 e. The second kappa shape index (κ2) is 3.70. The number of hydrogen-bond acceptors (Lipinski definition) is 2. The number of phenolic OH excluding ortho intramolecular Hbond substituents is 1. The monoisotopic (exact) mass is 194 g/mol. The number of hydrogen-bond donors (Lipinski definition) is 2.